The van der Waals surface area contributed by atoms with E-state index in [0.29, 0.717) is 6.42 Å². The molecule has 0 spiro atoms. The number of carbonyl (C=O) groups excluding carboxylic acids is 1. The van der Waals surface area contributed by atoms with Gasteiger partial charge in [0.2, 0.25) is 0 Å². The molecule has 1 aromatic carbocycles. The summed E-state index contributed by atoms with van der Waals surface area (Å²) in [5.74, 6) is -1.14. The predicted octanol–water partition coefficient (Wildman–Crippen LogP) is 2.20. The Kier molecular flexibility index (Phi) is 4.07. The topological polar surface area (TPSA) is 65.2 Å². The average Bonchev–Trinajstić information content (AvgIpc) is 2.38. The molecule has 1 aromatic heterocycles. The molecule has 0 aliphatic heterocycles. The van der Waals surface area contributed by atoms with Gasteiger partial charge in [0, 0.05) is 24.5 Å². The van der Waals surface area contributed by atoms with Gasteiger partial charge in [0.05, 0.1) is 12.2 Å². The maximum Gasteiger partial charge on any atom is 0.338 e. The van der Waals surface area contributed by atoms with Crippen molar-refractivity contribution in [2.45, 2.75) is 6.42 Å². The van der Waals surface area contributed by atoms with Gasteiger partial charge in [-0.3, -0.25) is 4.98 Å². The molecule has 0 atom stereocenters. The summed E-state index contributed by atoms with van der Waals surface area (Å²) in [5, 5.41) is 0. The number of nitrogens with zero attached hydrogens (tertiary/aromatic N) is 1. The fourth-order valence-corrected chi connectivity index (χ4v) is 1.62. The highest BCUT2D eigenvalue weighted by atomic mass is 19.1. The first-order valence-corrected chi connectivity index (χ1v) is 5.77. The molecule has 4 nitrogen and oxygen atoms in total. The highest BCUT2D eigenvalue weighted by molar-refractivity contribution is 5.90. The zero-order valence-corrected chi connectivity index (χ0v) is 10.2. The van der Waals surface area contributed by atoms with Crippen LogP contribution in [0.2, 0.25) is 0 Å². The smallest absolute Gasteiger partial charge is 0.338 e. The SMILES string of the molecule is Nc1cc(F)cc(C(=O)OCCc2ccncc2)c1. The van der Waals surface area contributed by atoms with Gasteiger partial charge in [0.1, 0.15) is 5.82 Å². The van der Waals surface area contributed by atoms with Gasteiger partial charge in [-0.25, -0.2) is 9.18 Å². The van der Waals surface area contributed by atoms with Gasteiger partial charge in [0.15, 0.2) is 0 Å². The molecule has 0 aliphatic rings. The number of rotatable bonds is 4. The summed E-state index contributed by atoms with van der Waals surface area (Å²) in [5.41, 5.74) is 6.79. The predicted molar refractivity (Wildman–Crippen MR) is 69.0 cm³/mol. The number of nitrogens with two attached hydrogens (primary N) is 1. The third-order valence-electron chi connectivity index (χ3n) is 2.53. The maximum absolute atomic E-state index is 13.1. The van der Waals surface area contributed by atoms with Gasteiger partial charge in [-0.15, -0.1) is 0 Å². The first kappa shape index (κ1) is 13.0. The number of hydrogen-bond donors (Lipinski definition) is 1. The molecule has 0 amide bonds. The van der Waals surface area contributed by atoms with Crippen molar-refractivity contribution in [1.82, 2.24) is 4.98 Å². The zero-order chi connectivity index (χ0) is 13.7. The quantitative estimate of drug-likeness (QED) is 0.676. The highest BCUT2D eigenvalue weighted by Gasteiger charge is 2.09. The van der Waals surface area contributed by atoms with Crippen LogP contribution in [-0.4, -0.2) is 17.6 Å². The monoisotopic (exact) mass is 260 g/mol. The Balaban J connectivity index is 1.91. The molecule has 2 aromatic rings. The highest BCUT2D eigenvalue weighted by Crippen LogP contribution is 2.12. The van der Waals surface area contributed by atoms with E-state index in [1.807, 2.05) is 12.1 Å². The van der Waals surface area contributed by atoms with Gasteiger partial charge >= 0.3 is 5.97 Å². The van der Waals surface area contributed by atoms with E-state index >= 15 is 0 Å². The Labute approximate surface area is 110 Å². The molecule has 0 saturated heterocycles. The van der Waals surface area contributed by atoms with E-state index < -0.39 is 11.8 Å². The lowest BCUT2D eigenvalue weighted by atomic mass is 10.2. The summed E-state index contributed by atoms with van der Waals surface area (Å²) < 4.78 is 18.1. The molecule has 98 valence electrons. The van der Waals surface area contributed by atoms with Crippen molar-refractivity contribution in [3.63, 3.8) is 0 Å². The Bertz CT molecular complexity index is 553. The summed E-state index contributed by atoms with van der Waals surface area (Å²) in [4.78, 5) is 15.6. The van der Waals surface area contributed by atoms with Crippen LogP contribution in [0.4, 0.5) is 10.1 Å². The first-order chi connectivity index (χ1) is 9.15. The first-order valence-electron chi connectivity index (χ1n) is 5.77. The fourth-order valence-electron chi connectivity index (χ4n) is 1.62. The number of ether oxygens (including phenoxy) is 1. The second-order valence-electron chi connectivity index (χ2n) is 4.01. The summed E-state index contributed by atoms with van der Waals surface area (Å²) in [6, 6.07) is 7.32. The van der Waals surface area contributed by atoms with Crippen LogP contribution in [0.1, 0.15) is 15.9 Å². The fraction of sp³-hybridized carbons (Fsp3) is 0.143. The second-order valence-corrected chi connectivity index (χ2v) is 4.01. The van der Waals surface area contributed by atoms with E-state index in [1.165, 1.54) is 6.07 Å². The lowest BCUT2D eigenvalue weighted by Gasteiger charge is -2.05. The lowest BCUT2D eigenvalue weighted by molar-refractivity contribution is 0.0509. The summed E-state index contributed by atoms with van der Waals surface area (Å²) in [7, 11) is 0. The molecule has 0 aliphatic carbocycles. The third kappa shape index (κ3) is 3.77. The molecule has 2 N–H and O–H groups in total. The number of anilines is 1. The van der Waals surface area contributed by atoms with E-state index in [4.69, 9.17) is 10.5 Å². The van der Waals surface area contributed by atoms with E-state index in [2.05, 4.69) is 4.98 Å². The lowest BCUT2D eigenvalue weighted by Crippen LogP contribution is -2.09. The minimum absolute atomic E-state index is 0.118. The zero-order valence-electron chi connectivity index (χ0n) is 10.2. The van der Waals surface area contributed by atoms with Gasteiger partial charge in [-0.1, -0.05) is 0 Å². The van der Waals surface area contributed by atoms with Gasteiger partial charge in [0.25, 0.3) is 0 Å². The van der Waals surface area contributed by atoms with Crippen LogP contribution in [-0.2, 0) is 11.2 Å². The number of pyridine rings is 1. The number of halogens is 1. The number of aromatic nitrogens is 1. The molecule has 5 heteroatoms. The second kappa shape index (κ2) is 5.95. The Hall–Kier alpha value is -2.43. The van der Waals surface area contributed by atoms with Crippen molar-refractivity contribution < 1.29 is 13.9 Å². The van der Waals surface area contributed by atoms with Crippen LogP contribution in [0, 0.1) is 5.82 Å². The molecule has 2 rings (SSSR count). The van der Waals surface area contributed by atoms with E-state index in [1.54, 1.807) is 12.4 Å². The summed E-state index contributed by atoms with van der Waals surface area (Å²) >= 11 is 0. The van der Waals surface area contributed by atoms with Crippen molar-refractivity contribution in [3.8, 4) is 0 Å². The average molecular weight is 260 g/mol. The number of benzene rings is 1. The maximum atomic E-state index is 13.1. The molecule has 0 unspecified atom stereocenters. The van der Waals surface area contributed by atoms with Gasteiger partial charge in [-0.05, 0) is 35.9 Å². The van der Waals surface area contributed by atoms with E-state index in [9.17, 15) is 9.18 Å². The van der Waals surface area contributed by atoms with Crippen molar-refractivity contribution in [3.05, 3.63) is 59.7 Å². The molecule has 0 bridgehead atoms. The van der Waals surface area contributed by atoms with Crippen molar-refractivity contribution >= 4 is 11.7 Å². The Morgan fingerprint density at radius 2 is 2.00 bits per heavy atom. The molecule has 19 heavy (non-hydrogen) atoms. The number of carbonyl (C=O) groups is 1. The number of nitrogen functional groups attached to an aromatic ring is 1. The molecule has 0 radical (unpaired) electrons. The van der Waals surface area contributed by atoms with Crippen molar-refractivity contribution in [2.24, 2.45) is 0 Å². The minimum atomic E-state index is -0.583. The standard InChI is InChI=1S/C14H13FN2O2/c15-12-7-11(8-13(16)9-12)14(18)19-6-3-10-1-4-17-5-2-10/h1-2,4-5,7-9H,3,6,16H2. The summed E-state index contributed by atoms with van der Waals surface area (Å²) in [6.07, 6.45) is 3.92. The van der Waals surface area contributed by atoms with E-state index in [0.717, 1.165) is 17.7 Å². The van der Waals surface area contributed by atoms with Gasteiger partial charge < -0.3 is 10.5 Å². The Morgan fingerprint density at radius 1 is 1.26 bits per heavy atom. The van der Waals surface area contributed by atoms with Crippen molar-refractivity contribution in [2.75, 3.05) is 12.3 Å². The molecule has 0 saturated carbocycles. The van der Waals surface area contributed by atoms with Crippen LogP contribution < -0.4 is 5.73 Å². The Morgan fingerprint density at radius 3 is 2.68 bits per heavy atom. The number of hydrogen-bond acceptors (Lipinski definition) is 4. The van der Waals surface area contributed by atoms with Crippen LogP contribution in [0.25, 0.3) is 0 Å². The van der Waals surface area contributed by atoms with E-state index in [-0.39, 0.29) is 17.9 Å². The largest absolute Gasteiger partial charge is 0.462 e. The molecular weight excluding hydrogens is 247 g/mol. The summed E-state index contributed by atoms with van der Waals surface area (Å²) in [6.45, 7) is 0.221. The third-order valence-corrected chi connectivity index (χ3v) is 2.53. The minimum Gasteiger partial charge on any atom is -0.462 e. The van der Waals surface area contributed by atoms with Crippen LogP contribution in [0.3, 0.4) is 0 Å². The van der Waals surface area contributed by atoms with Crippen molar-refractivity contribution in [1.29, 1.82) is 0 Å². The van der Waals surface area contributed by atoms with Crippen LogP contribution >= 0.6 is 0 Å². The van der Waals surface area contributed by atoms with Crippen LogP contribution in [0.5, 0.6) is 0 Å². The molecule has 1 heterocycles. The molecule has 0 fully saturated rings. The normalized spacial score (nSPS) is 10.2. The number of esters is 1. The molecular formula is C14H13FN2O2. The van der Waals surface area contributed by atoms with Gasteiger partial charge in [-0.2, -0.15) is 0 Å². The van der Waals surface area contributed by atoms with Crippen LogP contribution in [0.15, 0.2) is 42.7 Å².